The van der Waals surface area contributed by atoms with E-state index in [4.69, 9.17) is 21.1 Å². The standard InChI is InChI=1S/C31H51ClO2/c1-21(2)8-4-5-9-23-11-14-29-28-18-22(20-32)27-19-24(34-30-10-6-7-17-33-30)12-13-25(27)26(28)15-16-31(23,29)3/h21-24,26,28-30H,4-20H2,1-3H3. The van der Waals surface area contributed by atoms with Crippen LogP contribution in [0.4, 0.5) is 0 Å². The van der Waals surface area contributed by atoms with Gasteiger partial charge in [0.25, 0.3) is 0 Å². The van der Waals surface area contributed by atoms with Gasteiger partial charge >= 0.3 is 0 Å². The maximum atomic E-state index is 6.69. The zero-order valence-corrected chi connectivity index (χ0v) is 23.1. The average molecular weight is 491 g/mol. The summed E-state index contributed by atoms with van der Waals surface area (Å²) in [5, 5.41) is 0. The Morgan fingerprint density at radius 3 is 2.71 bits per heavy atom. The van der Waals surface area contributed by atoms with E-state index in [-0.39, 0.29) is 6.29 Å². The van der Waals surface area contributed by atoms with Gasteiger partial charge in [-0.1, -0.05) is 51.2 Å². The Balaban J connectivity index is 1.25. The number of rotatable bonds is 8. The van der Waals surface area contributed by atoms with Crippen LogP contribution in [0.2, 0.25) is 0 Å². The first-order valence-corrected chi connectivity index (χ1v) is 15.6. The van der Waals surface area contributed by atoms with E-state index in [2.05, 4.69) is 20.8 Å². The number of allylic oxidation sites excluding steroid dienone is 1. The van der Waals surface area contributed by atoms with Crippen molar-refractivity contribution in [3.63, 3.8) is 0 Å². The van der Waals surface area contributed by atoms with Gasteiger partial charge < -0.3 is 9.47 Å². The van der Waals surface area contributed by atoms with Crippen LogP contribution in [0.3, 0.4) is 0 Å². The number of unbranched alkanes of at least 4 members (excludes halogenated alkanes) is 1. The summed E-state index contributed by atoms with van der Waals surface area (Å²) < 4.78 is 12.4. The highest BCUT2D eigenvalue weighted by Crippen LogP contribution is 2.64. The van der Waals surface area contributed by atoms with Crippen LogP contribution in [0.5, 0.6) is 0 Å². The van der Waals surface area contributed by atoms with Gasteiger partial charge in [0.05, 0.1) is 6.10 Å². The molecule has 1 saturated heterocycles. The van der Waals surface area contributed by atoms with Gasteiger partial charge in [-0.05, 0) is 118 Å². The molecule has 0 N–H and O–H groups in total. The Hall–Kier alpha value is -0.0500. The second-order valence-corrected chi connectivity index (χ2v) is 13.6. The van der Waals surface area contributed by atoms with Crippen LogP contribution in [0.25, 0.3) is 0 Å². The molecule has 0 aromatic heterocycles. The lowest BCUT2D eigenvalue weighted by molar-refractivity contribution is -0.190. The molecule has 0 aromatic carbocycles. The lowest BCUT2D eigenvalue weighted by atomic mass is 9.51. The van der Waals surface area contributed by atoms with Crippen molar-refractivity contribution in [2.24, 2.45) is 40.9 Å². The van der Waals surface area contributed by atoms with Gasteiger partial charge in [-0.15, -0.1) is 11.6 Å². The predicted molar refractivity (Wildman–Crippen MR) is 142 cm³/mol. The van der Waals surface area contributed by atoms with Crippen LogP contribution >= 0.6 is 11.6 Å². The number of ether oxygens (including phenoxy) is 2. The van der Waals surface area contributed by atoms with E-state index in [9.17, 15) is 0 Å². The molecular weight excluding hydrogens is 440 g/mol. The molecule has 5 aliphatic rings. The van der Waals surface area contributed by atoms with Crippen molar-refractivity contribution in [1.82, 2.24) is 0 Å². The van der Waals surface area contributed by atoms with Gasteiger partial charge in [0.15, 0.2) is 6.29 Å². The van der Waals surface area contributed by atoms with Crippen molar-refractivity contribution >= 4 is 11.6 Å². The summed E-state index contributed by atoms with van der Waals surface area (Å²) in [6, 6.07) is 0. The van der Waals surface area contributed by atoms with E-state index >= 15 is 0 Å². The number of alkyl halides is 1. The molecule has 0 spiro atoms. The number of hydrogen-bond donors (Lipinski definition) is 0. The topological polar surface area (TPSA) is 18.5 Å². The molecule has 8 atom stereocenters. The van der Waals surface area contributed by atoms with Crippen molar-refractivity contribution in [2.75, 3.05) is 12.5 Å². The van der Waals surface area contributed by atoms with Crippen LogP contribution in [-0.2, 0) is 9.47 Å². The Morgan fingerprint density at radius 1 is 1.06 bits per heavy atom. The normalized spacial score (nSPS) is 42.4. The number of halogens is 1. The SMILES string of the molecule is CC(C)CCCCC1CCC2C3CC(CCl)C4=C(CCC(OC5CCCCO5)C4)C3CCC12C. The summed E-state index contributed by atoms with van der Waals surface area (Å²) in [6.07, 6.45) is 20.4. The van der Waals surface area contributed by atoms with Crippen molar-refractivity contribution in [3.8, 4) is 0 Å². The minimum absolute atomic E-state index is 0.0399. The lowest BCUT2D eigenvalue weighted by Gasteiger charge is -2.54. The summed E-state index contributed by atoms with van der Waals surface area (Å²) in [6.45, 7) is 8.31. The van der Waals surface area contributed by atoms with Gasteiger partial charge in [0.1, 0.15) is 0 Å². The van der Waals surface area contributed by atoms with E-state index in [1.54, 1.807) is 5.57 Å². The van der Waals surface area contributed by atoms with E-state index in [1.165, 1.54) is 83.5 Å². The van der Waals surface area contributed by atoms with Crippen LogP contribution in [0, 0.1) is 40.9 Å². The summed E-state index contributed by atoms with van der Waals surface area (Å²) in [5.41, 5.74) is 4.15. The molecule has 0 amide bonds. The van der Waals surface area contributed by atoms with Gasteiger partial charge in [-0.25, -0.2) is 0 Å². The third-order valence-corrected chi connectivity index (χ3v) is 11.4. The molecular formula is C31H51ClO2. The molecule has 2 nitrogen and oxygen atoms in total. The van der Waals surface area contributed by atoms with Crippen molar-refractivity contribution in [2.45, 2.75) is 129 Å². The van der Waals surface area contributed by atoms with Gasteiger partial charge in [-0.2, -0.15) is 0 Å². The van der Waals surface area contributed by atoms with E-state index in [0.717, 1.165) is 54.9 Å². The third-order valence-electron chi connectivity index (χ3n) is 11.0. The zero-order valence-electron chi connectivity index (χ0n) is 22.3. The second kappa shape index (κ2) is 11.1. The molecule has 2 saturated carbocycles. The quantitative estimate of drug-likeness (QED) is 0.192. The maximum Gasteiger partial charge on any atom is 0.157 e. The molecule has 4 aliphatic carbocycles. The Bertz CT molecular complexity index is 710. The Labute approximate surface area is 214 Å². The largest absolute Gasteiger partial charge is 0.353 e. The summed E-state index contributed by atoms with van der Waals surface area (Å²) >= 11 is 6.69. The molecule has 3 heteroatoms. The number of fused-ring (bicyclic) bond motifs is 4. The van der Waals surface area contributed by atoms with Gasteiger partial charge in [0, 0.05) is 12.5 Å². The summed E-state index contributed by atoms with van der Waals surface area (Å²) in [7, 11) is 0. The zero-order chi connectivity index (χ0) is 23.7. The smallest absolute Gasteiger partial charge is 0.157 e. The minimum atomic E-state index is 0.0399. The number of hydrogen-bond acceptors (Lipinski definition) is 2. The van der Waals surface area contributed by atoms with E-state index in [1.807, 2.05) is 5.57 Å². The molecule has 194 valence electrons. The van der Waals surface area contributed by atoms with Crippen molar-refractivity contribution in [1.29, 1.82) is 0 Å². The molecule has 3 fully saturated rings. The first kappa shape index (κ1) is 25.6. The highest BCUT2D eigenvalue weighted by Gasteiger charge is 2.55. The Morgan fingerprint density at radius 2 is 1.94 bits per heavy atom. The molecule has 5 rings (SSSR count). The fraction of sp³-hybridized carbons (Fsp3) is 0.935. The van der Waals surface area contributed by atoms with Crippen LogP contribution < -0.4 is 0 Å². The molecule has 1 aliphatic heterocycles. The van der Waals surface area contributed by atoms with E-state index in [0.29, 0.717) is 17.4 Å². The molecule has 8 unspecified atom stereocenters. The lowest BCUT2D eigenvalue weighted by Crippen LogP contribution is -2.46. The minimum Gasteiger partial charge on any atom is -0.353 e. The summed E-state index contributed by atoms with van der Waals surface area (Å²) in [5.74, 6) is 5.89. The van der Waals surface area contributed by atoms with E-state index < -0.39 is 0 Å². The van der Waals surface area contributed by atoms with Gasteiger partial charge in [0.2, 0.25) is 0 Å². The predicted octanol–water partition coefficient (Wildman–Crippen LogP) is 8.91. The molecule has 34 heavy (non-hydrogen) atoms. The second-order valence-electron chi connectivity index (χ2n) is 13.3. The summed E-state index contributed by atoms with van der Waals surface area (Å²) in [4.78, 5) is 0. The molecule has 0 radical (unpaired) electrons. The van der Waals surface area contributed by atoms with Crippen molar-refractivity contribution in [3.05, 3.63) is 11.1 Å². The fourth-order valence-electron chi connectivity index (χ4n) is 9.16. The molecule has 0 aromatic rings. The highest BCUT2D eigenvalue weighted by molar-refractivity contribution is 6.18. The third kappa shape index (κ3) is 5.17. The van der Waals surface area contributed by atoms with Crippen LogP contribution in [-0.4, -0.2) is 24.9 Å². The molecule has 0 bridgehead atoms. The monoisotopic (exact) mass is 490 g/mol. The molecule has 1 heterocycles. The van der Waals surface area contributed by atoms with Crippen molar-refractivity contribution < 1.29 is 9.47 Å². The average Bonchev–Trinajstić information content (AvgIpc) is 3.18. The maximum absolute atomic E-state index is 6.69. The first-order chi connectivity index (χ1) is 16.5. The first-order valence-electron chi connectivity index (χ1n) is 15.0. The highest BCUT2D eigenvalue weighted by atomic mass is 35.5. The van der Waals surface area contributed by atoms with Gasteiger partial charge in [-0.3, -0.25) is 0 Å². The van der Waals surface area contributed by atoms with Crippen LogP contribution in [0.15, 0.2) is 11.1 Å². The van der Waals surface area contributed by atoms with Crippen LogP contribution in [0.1, 0.15) is 117 Å². The fourth-order valence-corrected chi connectivity index (χ4v) is 9.47. The Kier molecular flexibility index (Phi) is 8.39.